The van der Waals surface area contributed by atoms with E-state index in [1.807, 2.05) is 6.92 Å². The second-order valence-electron chi connectivity index (χ2n) is 8.56. The van der Waals surface area contributed by atoms with E-state index in [0.29, 0.717) is 25.2 Å². The lowest BCUT2D eigenvalue weighted by Crippen LogP contribution is -2.42. The maximum Gasteiger partial charge on any atom is 0.401 e. The van der Waals surface area contributed by atoms with Crippen LogP contribution < -0.4 is 5.32 Å². The van der Waals surface area contributed by atoms with Crippen LogP contribution in [-0.4, -0.2) is 91.3 Å². The molecule has 0 saturated carbocycles. The molecular weight excluding hydrogens is 379 g/mol. The molecule has 0 amide bonds. The number of hydrogen-bond donors (Lipinski definition) is 1. The smallest absolute Gasteiger partial charge is 0.357 e. The van der Waals surface area contributed by atoms with Gasteiger partial charge in [-0.25, -0.2) is 0 Å². The number of hydrogen-bond acceptors (Lipinski definition) is 3. The first-order chi connectivity index (χ1) is 13.6. The second kappa shape index (κ2) is 12.6. The van der Waals surface area contributed by atoms with Crippen molar-refractivity contribution in [2.24, 2.45) is 10.9 Å². The van der Waals surface area contributed by atoms with Crippen molar-refractivity contribution in [1.82, 2.24) is 20.0 Å². The van der Waals surface area contributed by atoms with E-state index >= 15 is 0 Å². The molecule has 1 atom stereocenters. The van der Waals surface area contributed by atoms with E-state index in [1.165, 1.54) is 4.90 Å². The highest BCUT2D eigenvalue weighted by molar-refractivity contribution is 5.80. The van der Waals surface area contributed by atoms with E-state index in [4.69, 9.17) is 4.99 Å². The van der Waals surface area contributed by atoms with Crippen LogP contribution in [0, 0.1) is 5.92 Å². The van der Waals surface area contributed by atoms with Crippen molar-refractivity contribution >= 4 is 5.96 Å². The predicted molar refractivity (Wildman–Crippen MR) is 115 cm³/mol. The van der Waals surface area contributed by atoms with Gasteiger partial charge < -0.3 is 10.2 Å². The van der Waals surface area contributed by atoms with Gasteiger partial charge in [0.25, 0.3) is 0 Å². The third-order valence-corrected chi connectivity index (χ3v) is 5.45. The number of likely N-dealkylation sites (tertiary alicyclic amines) is 1. The quantitative estimate of drug-likeness (QED) is 0.314. The molecule has 0 aromatic heterocycles. The number of aliphatic imine (C=N–C) groups is 1. The first-order valence-corrected chi connectivity index (χ1v) is 11.1. The summed E-state index contributed by atoms with van der Waals surface area (Å²) in [6.07, 6.45) is -2.23. The Morgan fingerprint density at radius 1 is 1.17 bits per heavy atom. The lowest BCUT2D eigenvalue weighted by Gasteiger charge is -2.30. The Bertz CT molecular complexity index is 471. The molecule has 1 rings (SSSR count). The van der Waals surface area contributed by atoms with Crippen LogP contribution in [0.5, 0.6) is 0 Å². The number of nitrogens with zero attached hydrogens (tertiary/aromatic N) is 4. The molecule has 0 spiro atoms. The van der Waals surface area contributed by atoms with Crippen molar-refractivity contribution < 1.29 is 13.2 Å². The molecule has 1 aliphatic heterocycles. The predicted octanol–water partition coefficient (Wildman–Crippen LogP) is 3.67. The molecule has 0 aliphatic carbocycles. The van der Waals surface area contributed by atoms with Crippen molar-refractivity contribution in [2.45, 2.75) is 72.6 Å². The monoisotopic (exact) mass is 421 g/mol. The topological polar surface area (TPSA) is 34.1 Å². The summed E-state index contributed by atoms with van der Waals surface area (Å²) in [7, 11) is 0. The number of rotatable bonds is 11. The lowest BCUT2D eigenvalue weighted by molar-refractivity contribution is -0.146. The minimum Gasteiger partial charge on any atom is -0.357 e. The zero-order chi connectivity index (χ0) is 22.0. The normalized spacial score (nSPS) is 18.7. The molecule has 0 aromatic rings. The maximum absolute atomic E-state index is 12.7. The van der Waals surface area contributed by atoms with E-state index in [-0.39, 0.29) is 5.92 Å². The average molecular weight is 422 g/mol. The summed E-state index contributed by atoms with van der Waals surface area (Å²) in [5.74, 6) is 1.15. The summed E-state index contributed by atoms with van der Waals surface area (Å²) in [5.41, 5.74) is 0. The Morgan fingerprint density at radius 2 is 1.83 bits per heavy atom. The van der Waals surface area contributed by atoms with Gasteiger partial charge in [0.2, 0.25) is 0 Å². The van der Waals surface area contributed by atoms with Crippen LogP contribution in [0.4, 0.5) is 13.2 Å². The molecular formula is C21H42F3N5. The Kier molecular flexibility index (Phi) is 11.3. The maximum atomic E-state index is 12.7. The fourth-order valence-corrected chi connectivity index (χ4v) is 4.07. The highest BCUT2D eigenvalue weighted by Gasteiger charge is 2.33. The van der Waals surface area contributed by atoms with Crippen LogP contribution in [0.3, 0.4) is 0 Å². The van der Waals surface area contributed by atoms with Gasteiger partial charge in [-0.1, -0.05) is 6.92 Å². The lowest BCUT2D eigenvalue weighted by atomic mass is 10.1. The van der Waals surface area contributed by atoms with Gasteiger partial charge in [-0.2, -0.15) is 13.2 Å². The molecule has 1 heterocycles. The van der Waals surface area contributed by atoms with Crippen LogP contribution >= 0.6 is 0 Å². The molecule has 1 saturated heterocycles. The Labute approximate surface area is 175 Å². The molecule has 0 aromatic carbocycles. The number of guanidine groups is 1. The Balaban J connectivity index is 2.56. The van der Waals surface area contributed by atoms with Gasteiger partial charge in [-0.15, -0.1) is 0 Å². The largest absolute Gasteiger partial charge is 0.401 e. The third-order valence-electron chi connectivity index (χ3n) is 5.45. The molecule has 5 nitrogen and oxygen atoms in total. The first-order valence-electron chi connectivity index (χ1n) is 11.1. The van der Waals surface area contributed by atoms with Gasteiger partial charge in [0, 0.05) is 51.4 Å². The van der Waals surface area contributed by atoms with E-state index in [1.54, 1.807) is 6.92 Å². The van der Waals surface area contributed by atoms with Gasteiger partial charge in [-0.3, -0.25) is 14.8 Å². The molecule has 1 N–H and O–H groups in total. The molecule has 0 bridgehead atoms. The van der Waals surface area contributed by atoms with Gasteiger partial charge in [-0.05, 0) is 59.9 Å². The van der Waals surface area contributed by atoms with Crippen molar-refractivity contribution in [2.75, 3.05) is 52.4 Å². The number of alkyl halides is 3. The van der Waals surface area contributed by atoms with E-state index in [9.17, 15) is 13.2 Å². The highest BCUT2D eigenvalue weighted by Crippen LogP contribution is 2.21. The molecule has 0 radical (unpaired) electrons. The Morgan fingerprint density at radius 3 is 2.34 bits per heavy atom. The van der Waals surface area contributed by atoms with Gasteiger partial charge >= 0.3 is 6.18 Å². The molecule has 1 aliphatic rings. The molecule has 172 valence electrons. The Hall–Kier alpha value is -1.02. The SMILES string of the molecule is CCNC(=NCCCN(C(C)C)C(C)C)N1CCC(CN(CC)CC(F)(F)F)C1. The number of halogens is 3. The van der Waals surface area contributed by atoms with Crippen molar-refractivity contribution in [3.05, 3.63) is 0 Å². The van der Waals surface area contributed by atoms with Gasteiger partial charge in [0.15, 0.2) is 5.96 Å². The summed E-state index contributed by atoms with van der Waals surface area (Å²) < 4.78 is 38.2. The third kappa shape index (κ3) is 10.0. The van der Waals surface area contributed by atoms with E-state index < -0.39 is 12.7 Å². The van der Waals surface area contributed by atoms with Gasteiger partial charge in [0.1, 0.15) is 0 Å². The van der Waals surface area contributed by atoms with Crippen LogP contribution in [0.25, 0.3) is 0 Å². The van der Waals surface area contributed by atoms with Crippen molar-refractivity contribution in [1.29, 1.82) is 0 Å². The van der Waals surface area contributed by atoms with Crippen LogP contribution in [0.2, 0.25) is 0 Å². The minimum atomic E-state index is -4.13. The van der Waals surface area contributed by atoms with E-state index in [0.717, 1.165) is 51.5 Å². The van der Waals surface area contributed by atoms with E-state index in [2.05, 4.69) is 42.8 Å². The summed E-state index contributed by atoms with van der Waals surface area (Å²) in [5, 5.41) is 3.35. The molecule has 1 unspecified atom stereocenters. The number of nitrogens with one attached hydrogen (secondary N) is 1. The summed E-state index contributed by atoms with van der Waals surface area (Å²) in [4.78, 5) is 11.0. The van der Waals surface area contributed by atoms with Crippen molar-refractivity contribution in [3.8, 4) is 0 Å². The highest BCUT2D eigenvalue weighted by atomic mass is 19.4. The summed E-state index contributed by atoms with van der Waals surface area (Å²) in [6.45, 7) is 17.0. The molecule has 29 heavy (non-hydrogen) atoms. The zero-order valence-corrected chi connectivity index (χ0v) is 19.2. The van der Waals surface area contributed by atoms with Crippen LogP contribution in [-0.2, 0) is 0 Å². The zero-order valence-electron chi connectivity index (χ0n) is 19.2. The first kappa shape index (κ1) is 26.0. The fourth-order valence-electron chi connectivity index (χ4n) is 4.07. The summed E-state index contributed by atoms with van der Waals surface area (Å²) in [6, 6.07) is 1.04. The standard InChI is InChI=1S/C21H42F3N5/c1-7-25-20(26-11-9-12-29(17(3)4)18(5)6)28-13-10-19(15-28)14-27(8-2)16-21(22,23)24/h17-19H,7-16H2,1-6H3,(H,25,26). The van der Waals surface area contributed by atoms with Crippen LogP contribution in [0.1, 0.15) is 54.4 Å². The van der Waals surface area contributed by atoms with Gasteiger partial charge in [0.05, 0.1) is 6.54 Å². The van der Waals surface area contributed by atoms with Crippen molar-refractivity contribution in [3.63, 3.8) is 0 Å². The average Bonchev–Trinajstić information content (AvgIpc) is 3.06. The summed E-state index contributed by atoms with van der Waals surface area (Å²) >= 11 is 0. The molecule has 8 heteroatoms. The van der Waals surface area contributed by atoms with Crippen LogP contribution in [0.15, 0.2) is 4.99 Å². The fraction of sp³-hybridized carbons (Fsp3) is 0.952. The second-order valence-corrected chi connectivity index (χ2v) is 8.56. The molecule has 1 fully saturated rings. The minimum absolute atomic E-state index is 0.249.